The first kappa shape index (κ1) is 26.1. The molecule has 0 bridgehead atoms. The second kappa shape index (κ2) is 11.5. The van der Waals surface area contributed by atoms with Crippen LogP contribution in [-0.4, -0.2) is 30.3 Å². The van der Waals surface area contributed by atoms with Crippen LogP contribution in [0.2, 0.25) is 0 Å². The molecule has 0 unspecified atom stereocenters. The molecule has 0 saturated heterocycles. The molecule has 1 amide bonds. The number of hydrogen-bond acceptors (Lipinski definition) is 5. The van der Waals surface area contributed by atoms with Crippen LogP contribution >= 0.6 is 15.9 Å². The van der Waals surface area contributed by atoms with E-state index in [1.165, 1.54) is 36.4 Å². The molecule has 0 aliphatic rings. The molecule has 0 fully saturated rings. The van der Waals surface area contributed by atoms with E-state index in [0.717, 1.165) is 15.7 Å². The van der Waals surface area contributed by atoms with Crippen LogP contribution in [0.15, 0.2) is 130 Å². The van der Waals surface area contributed by atoms with Crippen molar-refractivity contribution in [2.75, 3.05) is 4.72 Å². The molecular formula is C29H22BrN5O3S. The number of para-hydroxylation sites is 1. The minimum Gasteiger partial charge on any atom is -0.280 e. The third-order valence-electron chi connectivity index (χ3n) is 5.70. The van der Waals surface area contributed by atoms with Crippen molar-refractivity contribution < 1.29 is 13.2 Å². The lowest BCUT2D eigenvalue weighted by Crippen LogP contribution is -2.18. The molecule has 1 aromatic heterocycles. The van der Waals surface area contributed by atoms with Crippen molar-refractivity contribution in [3.05, 3.63) is 131 Å². The highest BCUT2D eigenvalue weighted by Gasteiger charge is 2.14. The van der Waals surface area contributed by atoms with Crippen LogP contribution < -0.4 is 10.1 Å². The van der Waals surface area contributed by atoms with Crippen molar-refractivity contribution in [3.63, 3.8) is 0 Å². The summed E-state index contributed by atoms with van der Waals surface area (Å²) in [6, 6.07) is 31.6. The van der Waals surface area contributed by atoms with Crippen LogP contribution in [0.25, 0.3) is 16.9 Å². The molecule has 0 atom stereocenters. The Morgan fingerprint density at radius 3 is 2.15 bits per heavy atom. The standard InChI is InChI=1S/C29H22BrN5O3S/c30-24-15-11-21(12-16-24)28-23(20-35(33-28)26-7-3-1-4-8-26)19-31-32-29(36)22-13-17-25(18-14-22)34-39(37,38)27-9-5-2-6-10-27/h1-20,34H,(H,32,36)/b31-19+. The average Bonchev–Trinajstić information content (AvgIpc) is 3.39. The molecule has 0 spiro atoms. The van der Waals surface area contributed by atoms with E-state index in [2.05, 4.69) is 31.2 Å². The minimum atomic E-state index is -3.72. The summed E-state index contributed by atoms with van der Waals surface area (Å²) in [6.45, 7) is 0. The zero-order valence-electron chi connectivity index (χ0n) is 20.4. The average molecular weight is 600 g/mol. The summed E-state index contributed by atoms with van der Waals surface area (Å²) in [7, 11) is -3.72. The van der Waals surface area contributed by atoms with E-state index in [1.54, 1.807) is 29.1 Å². The summed E-state index contributed by atoms with van der Waals surface area (Å²) in [5.74, 6) is -0.440. The van der Waals surface area contributed by atoms with Crippen molar-refractivity contribution in [1.82, 2.24) is 15.2 Å². The molecule has 39 heavy (non-hydrogen) atoms. The van der Waals surface area contributed by atoms with Gasteiger partial charge < -0.3 is 0 Å². The predicted octanol–water partition coefficient (Wildman–Crippen LogP) is 5.87. The zero-order valence-corrected chi connectivity index (χ0v) is 22.8. The number of hydrogen-bond donors (Lipinski definition) is 2. The Bertz CT molecular complexity index is 1720. The van der Waals surface area contributed by atoms with Crippen LogP contribution in [0, 0.1) is 0 Å². The second-order valence-corrected chi connectivity index (χ2v) is 11.0. The van der Waals surface area contributed by atoms with E-state index >= 15 is 0 Å². The maximum atomic E-state index is 12.7. The van der Waals surface area contributed by atoms with Gasteiger partial charge in [-0.2, -0.15) is 10.2 Å². The molecule has 0 aliphatic heterocycles. The first-order chi connectivity index (χ1) is 18.9. The highest BCUT2D eigenvalue weighted by Crippen LogP contribution is 2.24. The van der Waals surface area contributed by atoms with Crippen molar-refractivity contribution in [2.45, 2.75) is 4.90 Å². The summed E-state index contributed by atoms with van der Waals surface area (Å²) in [6.07, 6.45) is 3.39. The van der Waals surface area contributed by atoms with E-state index in [9.17, 15) is 13.2 Å². The molecule has 1 heterocycles. The maximum Gasteiger partial charge on any atom is 0.271 e. The van der Waals surface area contributed by atoms with E-state index in [-0.39, 0.29) is 4.90 Å². The van der Waals surface area contributed by atoms with Crippen molar-refractivity contribution in [1.29, 1.82) is 0 Å². The Morgan fingerprint density at radius 1 is 0.846 bits per heavy atom. The van der Waals surface area contributed by atoms with Gasteiger partial charge in [-0.05, 0) is 60.7 Å². The topological polar surface area (TPSA) is 105 Å². The summed E-state index contributed by atoms with van der Waals surface area (Å²) in [5, 5.41) is 8.89. The number of halogens is 1. The number of aromatic nitrogens is 2. The smallest absolute Gasteiger partial charge is 0.271 e. The van der Waals surface area contributed by atoms with E-state index < -0.39 is 15.9 Å². The Hall–Kier alpha value is -4.54. The molecule has 5 aromatic rings. The van der Waals surface area contributed by atoms with Gasteiger partial charge in [0.15, 0.2) is 0 Å². The maximum absolute atomic E-state index is 12.7. The molecule has 4 aromatic carbocycles. The number of nitrogens with one attached hydrogen (secondary N) is 2. The molecule has 0 saturated carbocycles. The first-order valence-electron chi connectivity index (χ1n) is 11.8. The van der Waals surface area contributed by atoms with Gasteiger partial charge in [-0.15, -0.1) is 0 Å². The zero-order chi connectivity index (χ0) is 27.2. The molecule has 2 N–H and O–H groups in total. The number of rotatable bonds is 8. The lowest BCUT2D eigenvalue weighted by molar-refractivity contribution is 0.0955. The molecule has 8 nitrogen and oxygen atoms in total. The normalized spacial score (nSPS) is 11.4. The number of hydrazone groups is 1. The number of sulfonamides is 1. The Labute approximate surface area is 234 Å². The highest BCUT2D eigenvalue weighted by molar-refractivity contribution is 9.10. The quantitative estimate of drug-likeness (QED) is 0.172. The minimum absolute atomic E-state index is 0.152. The molecule has 5 rings (SSSR count). The van der Waals surface area contributed by atoms with E-state index in [1.807, 2.05) is 60.8 Å². The molecule has 0 radical (unpaired) electrons. The van der Waals surface area contributed by atoms with Gasteiger partial charge in [0.05, 0.1) is 16.8 Å². The monoisotopic (exact) mass is 599 g/mol. The first-order valence-corrected chi connectivity index (χ1v) is 14.1. The fraction of sp³-hybridized carbons (Fsp3) is 0. The van der Waals surface area contributed by atoms with Crippen molar-refractivity contribution >= 4 is 43.8 Å². The summed E-state index contributed by atoms with van der Waals surface area (Å²) >= 11 is 3.45. The fourth-order valence-corrected chi connectivity index (χ4v) is 5.10. The number of anilines is 1. The van der Waals surface area contributed by atoms with Crippen LogP contribution in [-0.2, 0) is 10.0 Å². The van der Waals surface area contributed by atoms with Gasteiger partial charge >= 0.3 is 0 Å². The van der Waals surface area contributed by atoms with Crippen LogP contribution in [0.5, 0.6) is 0 Å². The second-order valence-electron chi connectivity index (χ2n) is 8.42. The van der Waals surface area contributed by atoms with Gasteiger partial charge in [-0.3, -0.25) is 9.52 Å². The van der Waals surface area contributed by atoms with Gasteiger partial charge in [0.2, 0.25) is 0 Å². The lowest BCUT2D eigenvalue weighted by Gasteiger charge is -2.08. The van der Waals surface area contributed by atoms with Crippen molar-refractivity contribution in [2.24, 2.45) is 5.10 Å². The summed E-state index contributed by atoms with van der Waals surface area (Å²) < 4.78 is 30.3. The van der Waals surface area contributed by atoms with Crippen LogP contribution in [0.1, 0.15) is 15.9 Å². The van der Waals surface area contributed by atoms with E-state index in [4.69, 9.17) is 5.10 Å². The summed E-state index contributed by atoms with van der Waals surface area (Å²) in [4.78, 5) is 12.8. The van der Waals surface area contributed by atoms with Crippen molar-refractivity contribution in [3.8, 4) is 16.9 Å². The van der Waals surface area contributed by atoms with Crippen LogP contribution in [0.4, 0.5) is 5.69 Å². The third-order valence-corrected chi connectivity index (χ3v) is 7.63. The van der Waals surface area contributed by atoms with Gasteiger partial charge in [0.1, 0.15) is 5.69 Å². The predicted molar refractivity (Wildman–Crippen MR) is 155 cm³/mol. The molecule has 0 aliphatic carbocycles. The highest BCUT2D eigenvalue weighted by atomic mass is 79.9. The van der Waals surface area contributed by atoms with Gasteiger partial charge in [-0.25, -0.2) is 18.5 Å². The SMILES string of the molecule is O=C(N/N=C/c1cn(-c2ccccc2)nc1-c1ccc(Br)cc1)c1ccc(NS(=O)(=O)c2ccccc2)cc1. The number of amides is 1. The number of benzene rings is 4. The lowest BCUT2D eigenvalue weighted by atomic mass is 10.1. The Balaban J connectivity index is 1.31. The van der Waals surface area contributed by atoms with E-state index in [0.29, 0.717) is 22.5 Å². The number of carbonyl (C=O) groups excluding carboxylic acids is 1. The number of carbonyl (C=O) groups is 1. The fourth-order valence-electron chi connectivity index (χ4n) is 3.76. The Kier molecular flexibility index (Phi) is 7.67. The largest absolute Gasteiger partial charge is 0.280 e. The van der Waals surface area contributed by atoms with Gasteiger partial charge in [0, 0.05) is 33.0 Å². The number of nitrogens with zero attached hydrogens (tertiary/aromatic N) is 3. The summed E-state index contributed by atoms with van der Waals surface area (Å²) in [5.41, 5.74) is 6.40. The van der Waals surface area contributed by atoms with Gasteiger partial charge in [0.25, 0.3) is 15.9 Å². The third kappa shape index (κ3) is 6.31. The Morgan fingerprint density at radius 2 is 1.49 bits per heavy atom. The van der Waals surface area contributed by atoms with Gasteiger partial charge in [-0.1, -0.05) is 64.5 Å². The molecular weight excluding hydrogens is 578 g/mol. The molecule has 194 valence electrons. The van der Waals surface area contributed by atoms with Crippen LogP contribution in [0.3, 0.4) is 0 Å². The molecule has 10 heteroatoms.